The maximum absolute atomic E-state index is 14.2. The molecule has 14 heteroatoms. The molecular formula is C41H70N6O8. The second-order valence-corrected chi connectivity index (χ2v) is 16.0. The lowest BCUT2D eigenvalue weighted by atomic mass is 9.89. The molecule has 10 atom stereocenters. The van der Waals surface area contributed by atoms with E-state index < -0.39 is 54.5 Å². The lowest BCUT2D eigenvalue weighted by molar-refractivity contribution is -0.148. The van der Waals surface area contributed by atoms with Crippen molar-refractivity contribution in [1.29, 1.82) is 0 Å². The van der Waals surface area contributed by atoms with Gasteiger partial charge in [0, 0.05) is 27.8 Å². The van der Waals surface area contributed by atoms with E-state index in [1.165, 1.54) is 7.11 Å². The number of likely N-dealkylation sites (tertiary alicyclic amines) is 1. The van der Waals surface area contributed by atoms with Gasteiger partial charge in [0.05, 0.1) is 48.7 Å². The molecule has 1 aliphatic rings. The van der Waals surface area contributed by atoms with Crippen LogP contribution in [0.5, 0.6) is 0 Å². The van der Waals surface area contributed by atoms with Gasteiger partial charge in [0.15, 0.2) is 0 Å². The number of rotatable bonds is 21. The molecule has 1 aliphatic heterocycles. The van der Waals surface area contributed by atoms with E-state index in [1.807, 2.05) is 78.7 Å². The van der Waals surface area contributed by atoms with Gasteiger partial charge in [0.2, 0.25) is 23.6 Å². The normalized spacial score (nSPS) is 19.5. The Labute approximate surface area is 329 Å². The number of likely N-dealkylation sites (N-methyl/N-ethyl adjacent to an activating group) is 2. The van der Waals surface area contributed by atoms with Crippen molar-refractivity contribution in [3.63, 3.8) is 0 Å². The standard InChI is InChI=1S/C41H70N6O8/c1-14-26(6)35(46(11)40(51)33(24(2)3)44-39(50)34(25(4)5)45(9)10)31(53-12)23-32(48)47-22-18-21-30(47)36(54-13)27(7)38(49)43-28(8)37(55-41(42)52)29-19-16-15-17-20-29/h15-17,19-20,24-28,30-31,33-37H,14,18,21-23H2,1-13H3,(H2,42,52)(H,43,49)(H,44,50)/t26-,27+,28+,30-,31+,33-,34-,35-,36+,37+/m0/s1. The molecule has 0 aliphatic carbocycles. The minimum Gasteiger partial charge on any atom is -0.439 e. The van der Waals surface area contributed by atoms with Crippen molar-refractivity contribution < 1.29 is 38.2 Å². The molecule has 14 nitrogen and oxygen atoms in total. The van der Waals surface area contributed by atoms with Crippen LogP contribution in [0.25, 0.3) is 0 Å². The van der Waals surface area contributed by atoms with Gasteiger partial charge in [-0.05, 0) is 57.2 Å². The van der Waals surface area contributed by atoms with Gasteiger partial charge in [-0.2, -0.15) is 0 Å². The van der Waals surface area contributed by atoms with Crippen molar-refractivity contribution in [3.8, 4) is 0 Å². The first kappa shape index (κ1) is 47.4. The van der Waals surface area contributed by atoms with Gasteiger partial charge in [0.1, 0.15) is 12.1 Å². The maximum Gasteiger partial charge on any atom is 0.405 e. The summed E-state index contributed by atoms with van der Waals surface area (Å²) in [5.41, 5.74) is 6.05. The van der Waals surface area contributed by atoms with Gasteiger partial charge in [-0.3, -0.25) is 24.1 Å². The number of carbonyl (C=O) groups excluding carboxylic acids is 5. The number of hydrogen-bond donors (Lipinski definition) is 3. The monoisotopic (exact) mass is 775 g/mol. The van der Waals surface area contributed by atoms with E-state index in [4.69, 9.17) is 19.9 Å². The summed E-state index contributed by atoms with van der Waals surface area (Å²) in [6, 6.07) is 6.40. The summed E-state index contributed by atoms with van der Waals surface area (Å²) < 4.78 is 17.3. The molecule has 0 unspecified atom stereocenters. The third kappa shape index (κ3) is 12.6. The second kappa shape index (κ2) is 22.1. The molecule has 0 aromatic heterocycles. The van der Waals surface area contributed by atoms with Gasteiger partial charge in [-0.25, -0.2) is 4.79 Å². The number of nitrogens with zero attached hydrogens (tertiary/aromatic N) is 3. The number of nitrogens with two attached hydrogens (primary N) is 1. The van der Waals surface area contributed by atoms with Gasteiger partial charge < -0.3 is 40.4 Å². The predicted octanol–water partition coefficient (Wildman–Crippen LogP) is 3.98. The summed E-state index contributed by atoms with van der Waals surface area (Å²) in [5, 5.41) is 6.00. The molecule has 1 aromatic carbocycles. The molecule has 5 amide bonds. The van der Waals surface area contributed by atoms with Gasteiger partial charge >= 0.3 is 6.09 Å². The highest BCUT2D eigenvalue weighted by atomic mass is 16.6. The van der Waals surface area contributed by atoms with E-state index in [1.54, 1.807) is 49.9 Å². The Kier molecular flexibility index (Phi) is 19.1. The molecule has 312 valence electrons. The summed E-state index contributed by atoms with van der Waals surface area (Å²) >= 11 is 0. The van der Waals surface area contributed by atoms with Crippen LogP contribution in [0.1, 0.15) is 92.7 Å². The van der Waals surface area contributed by atoms with Crippen LogP contribution in [0, 0.1) is 23.7 Å². The van der Waals surface area contributed by atoms with Crippen molar-refractivity contribution in [2.75, 3.05) is 41.9 Å². The number of methoxy groups -OCH3 is 2. The molecule has 4 N–H and O–H groups in total. The largest absolute Gasteiger partial charge is 0.439 e. The Balaban J connectivity index is 2.28. The Morgan fingerprint density at radius 1 is 0.891 bits per heavy atom. The Morgan fingerprint density at radius 3 is 2.00 bits per heavy atom. The number of benzene rings is 1. The fraction of sp³-hybridized carbons (Fsp3) is 0.732. The van der Waals surface area contributed by atoms with Gasteiger partial charge in [-0.15, -0.1) is 0 Å². The lowest BCUT2D eigenvalue weighted by Crippen LogP contribution is -2.59. The van der Waals surface area contributed by atoms with Crippen molar-refractivity contribution in [2.24, 2.45) is 29.4 Å². The highest BCUT2D eigenvalue weighted by Crippen LogP contribution is 2.30. The zero-order valence-electron chi connectivity index (χ0n) is 35.5. The number of primary amides is 1. The van der Waals surface area contributed by atoms with Crippen LogP contribution in [-0.2, 0) is 33.4 Å². The Morgan fingerprint density at radius 2 is 1.51 bits per heavy atom. The molecule has 2 rings (SSSR count). The van der Waals surface area contributed by atoms with E-state index in [9.17, 15) is 24.0 Å². The number of hydrogen-bond acceptors (Lipinski definition) is 9. The number of ether oxygens (including phenoxy) is 3. The molecule has 55 heavy (non-hydrogen) atoms. The van der Waals surface area contributed by atoms with Gasteiger partial charge in [0.25, 0.3) is 0 Å². The molecule has 1 fully saturated rings. The Hall–Kier alpha value is -3.75. The van der Waals surface area contributed by atoms with E-state index in [0.29, 0.717) is 18.5 Å². The SMILES string of the molecule is CC[C@H](C)[C@@H]([C@@H](CC(=O)N1CCC[C@H]1[C@H](OC)[C@@H](C)C(=O)N[C@H](C)[C@@H](OC(N)=O)c1ccccc1)OC)N(C)C(=O)[C@@H](NC(=O)[C@H](C(C)C)N(C)C)C(C)C. The van der Waals surface area contributed by atoms with Crippen LogP contribution < -0.4 is 16.4 Å². The summed E-state index contributed by atoms with van der Waals surface area (Å²) in [7, 11) is 8.51. The fourth-order valence-electron chi connectivity index (χ4n) is 8.07. The minimum absolute atomic E-state index is 0.00560. The summed E-state index contributed by atoms with van der Waals surface area (Å²) in [6.45, 7) is 15.8. The van der Waals surface area contributed by atoms with Crippen LogP contribution in [0.4, 0.5) is 4.79 Å². The fourth-order valence-corrected chi connectivity index (χ4v) is 8.07. The molecular weight excluding hydrogens is 704 g/mol. The zero-order chi connectivity index (χ0) is 41.7. The number of carbonyl (C=O) groups is 5. The predicted molar refractivity (Wildman–Crippen MR) is 213 cm³/mol. The molecule has 0 spiro atoms. The van der Waals surface area contributed by atoms with Crippen LogP contribution >= 0.6 is 0 Å². The van der Waals surface area contributed by atoms with Crippen molar-refractivity contribution in [3.05, 3.63) is 35.9 Å². The summed E-state index contributed by atoms with van der Waals surface area (Å²) in [4.78, 5) is 72.6. The average Bonchev–Trinajstić information content (AvgIpc) is 3.61. The van der Waals surface area contributed by atoms with Crippen molar-refractivity contribution >= 4 is 29.7 Å². The smallest absolute Gasteiger partial charge is 0.405 e. The molecule has 1 heterocycles. The third-order valence-electron chi connectivity index (χ3n) is 11.1. The van der Waals surface area contributed by atoms with E-state index in [2.05, 4.69) is 10.6 Å². The van der Waals surface area contributed by atoms with E-state index in [-0.39, 0.29) is 53.8 Å². The molecule has 0 bridgehead atoms. The van der Waals surface area contributed by atoms with E-state index >= 15 is 0 Å². The second-order valence-electron chi connectivity index (χ2n) is 16.0. The van der Waals surface area contributed by atoms with Crippen molar-refractivity contribution in [2.45, 2.75) is 130 Å². The van der Waals surface area contributed by atoms with Crippen LogP contribution in [0.2, 0.25) is 0 Å². The van der Waals surface area contributed by atoms with E-state index in [0.717, 1.165) is 12.8 Å². The Bertz CT molecular complexity index is 1390. The highest BCUT2D eigenvalue weighted by Gasteiger charge is 2.43. The van der Waals surface area contributed by atoms with Gasteiger partial charge in [-0.1, -0.05) is 85.2 Å². The lowest BCUT2D eigenvalue weighted by Gasteiger charge is -2.41. The summed E-state index contributed by atoms with van der Waals surface area (Å²) in [5.74, 6) is -1.79. The van der Waals surface area contributed by atoms with Crippen LogP contribution in [0.3, 0.4) is 0 Å². The quantitative estimate of drug-likeness (QED) is 0.167. The van der Waals surface area contributed by atoms with Crippen LogP contribution in [-0.4, -0.2) is 129 Å². The average molecular weight is 775 g/mol. The first-order chi connectivity index (χ1) is 25.8. The number of nitrogens with one attached hydrogen (secondary N) is 2. The first-order valence-electron chi connectivity index (χ1n) is 19.7. The molecule has 0 radical (unpaired) electrons. The molecule has 1 aromatic rings. The maximum atomic E-state index is 14.2. The summed E-state index contributed by atoms with van der Waals surface area (Å²) in [6.07, 6.45) is -0.937. The molecule has 1 saturated heterocycles. The van der Waals surface area contributed by atoms with Crippen molar-refractivity contribution in [1.82, 2.24) is 25.3 Å². The zero-order valence-corrected chi connectivity index (χ0v) is 35.5. The number of amides is 5. The molecule has 0 saturated carbocycles. The van der Waals surface area contributed by atoms with Crippen LogP contribution in [0.15, 0.2) is 30.3 Å². The highest BCUT2D eigenvalue weighted by molar-refractivity contribution is 5.90. The first-order valence-corrected chi connectivity index (χ1v) is 19.7. The third-order valence-corrected chi connectivity index (χ3v) is 11.1. The minimum atomic E-state index is -0.954. The topological polar surface area (TPSA) is 173 Å².